The van der Waals surface area contributed by atoms with E-state index in [0.29, 0.717) is 35.4 Å². The van der Waals surface area contributed by atoms with Gasteiger partial charge in [0.25, 0.3) is 5.91 Å². The third-order valence-electron chi connectivity index (χ3n) is 6.27. The van der Waals surface area contributed by atoms with Crippen molar-refractivity contribution < 1.29 is 22.7 Å². The van der Waals surface area contributed by atoms with Crippen molar-refractivity contribution >= 4 is 42.6 Å². The van der Waals surface area contributed by atoms with Crippen molar-refractivity contribution in [3.05, 3.63) is 72.1 Å². The maximum Gasteiger partial charge on any atom is 0.260 e. The fourth-order valence-electron chi connectivity index (χ4n) is 4.24. The van der Waals surface area contributed by atoms with Gasteiger partial charge in [0.1, 0.15) is 13.2 Å². The number of aromatic nitrogens is 2. The van der Waals surface area contributed by atoms with Gasteiger partial charge in [0, 0.05) is 56.0 Å². The zero-order valence-electron chi connectivity index (χ0n) is 21.8. The molecule has 0 spiro atoms. The maximum absolute atomic E-state index is 13.9. The summed E-state index contributed by atoms with van der Waals surface area (Å²) < 4.78 is 39.7. The summed E-state index contributed by atoms with van der Waals surface area (Å²) in [6.07, 6.45) is 3.30. The van der Waals surface area contributed by atoms with E-state index in [4.69, 9.17) is 25.0 Å². The predicted molar refractivity (Wildman–Crippen MR) is 151 cm³/mol. The summed E-state index contributed by atoms with van der Waals surface area (Å²) in [4.78, 5) is 24.2. The summed E-state index contributed by atoms with van der Waals surface area (Å²) in [5.41, 5.74) is 1.71. The SMILES string of the molecule is N#CCCN(CCC#N)S(=O)(=O)c1ccc(C(=O)N(Cc2cccnc2)c2nc3cc4c(cc3s2)OCCO4)cc1. The molecule has 0 bridgehead atoms. The molecule has 0 saturated carbocycles. The van der Waals surface area contributed by atoms with Gasteiger partial charge >= 0.3 is 0 Å². The van der Waals surface area contributed by atoms with E-state index in [9.17, 15) is 13.2 Å². The molecule has 1 aliphatic rings. The van der Waals surface area contributed by atoms with E-state index in [2.05, 4.69) is 4.98 Å². The van der Waals surface area contributed by atoms with E-state index >= 15 is 0 Å². The van der Waals surface area contributed by atoms with Gasteiger partial charge in [0.05, 0.1) is 33.8 Å². The highest BCUT2D eigenvalue weighted by molar-refractivity contribution is 7.89. The quantitative estimate of drug-likeness (QED) is 0.266. The Labute approximate surface area is 240 Å². The van der Waals surface area contributed by atoms with Crippen molar-refractivity contribution in [1.82, 2.24) is 14.3 Å². The number of anilines is 1. The highest BCUT2D eigenvalue weighted by atomic mass is 32.2. The fourth-order valence-corrected chi connectivity index (χ4v) is 6.66. The Morgan fingerprint density at radius 1 is 1.00 bits per heavy atom. The normalized spacial score (nSPS) is 12.6. The van der Waals surface area contributed by atoms with Crippen LogP contribution in [0.3, 0.4) is 0 Å². The third kappa shape index (κ3) is 6.12. The number of ether oxygens (including phenoxy) is 2. The Kier molecular flexibility index (Phi) is 8.40. The van der Waals surface area contributed by atoms with E-state index in [1.54, 1.807) is 24.5 Å². The van der Waals surface area contributed by atoms with Crippen LogP contribution < -0.4 is 14.4 Å². The lowest BCUT2D eigenvalue weighted by molar-refractivity contribution is 0.0985. The molecule has 5 rings (SSSR count). The number of carbonyl (C=O) groups is 1. The van der Waals surface area contributed by atoms with Crippen molar-refractivity contribution in [3.63, 3.8) is 0 Å². The molecule has 11 nitrogen and oxygen atoms in total. The number of fused-ring (bicyclic) bond motifs is 2. The molecule has 0 aliphatic carbocycles. The van der Waals surface area contributed by atoms with Crippen LogP contribution in [0.2, 0.25) is 0 Å². The Hall–Kier alpha value is -4.56. The van der Waals surface area contributed by atoms with Gasteiger partial charge in [-0.2, -0.15) is 14.8 Å². The number of nitrogens with zero attached hydrogens (tertiary/aromatic N) is 6. The van der Waals surface area contributed by atoms with E-state index < -0.39 is 10.0 Å². The molecule has 0 N–H and O–H groups in total. The summed E-state index contributed by atoms with van der Waals surface area (Å²) in [5.74, 6) is 0.848. The molecule has 13 heteroatoms. The van der Waals surface area contributed by atoms with Crippen molar-refractivity contribution in [2.75, 3.05) is 31.2 Å². The lowest BCUT2D eigenvalue weighted by atomic mass is 10.2. The number of hydrogen-bond donors (Lipinski definition) is 0. The highest BCUT2D eigenvalue weighted by Crippen LogP contribution is 2.39. The Balaban J connectivity index is 1.46. The predicted octanol–water partition coefficient (Wildman–Crippen LogP) is 4.13. The average molecular weight is 589 g/mol. The smallest absolute Gasteiger partial charge is 0.260 e. The van der Waals surface area contributed by atoms with Gasteiger partial charge in [-0.3, -0.25) is 14.7 Å². The summed E-state index contributed by atoms with van der Waals surface area (Å²) in [5, 5.41) is 18.3. The van der Waals surface area contributed by atoms with Crippen molar-refractivity contribution in [3.8, 4) is 23.6 Å². The largest absolute Gasteiger partial charge is 0.486 e. The number of benzene rings is 2. The van der Waals surface area contributed by atoms with Crippen LogP contribution in [-0.4, -0.2) is 54.9 Å². The van der Waals surface area contributed by atoms with E-state index in [0.717, 1.165) is 14.6 Å². The van der Waals surface area contributed by atoms with E-state index in [-0.39, 0.29) is 48.8 Å². The first kappa shape index (κ1) is 28.0. The molecule has 1 aliphatic heterocycles. The maximum atomic E-state index is 13.9. The highest BCUT2D eigenvalue weighted by Gasteiger charge is 2.27. The van der Waals surface area contributed by atoms with Gasteiger partial charge in [-0.15, -0.1) is 0 Å². The average Bonchev–Trinajstić information content (AvgIpc) is 3.41. The lowest BCUT2D eigenvalue weighted by Gasteiger charge is -2.21. The minimum absolute atomic E-state index is 0.00602. The number of amides is 1. The number of carbonyl (C=O) groups excluding carboxylic acids is 1. The van der Waals surface area contributed by atoms with Crippen LogP contribution in [0.5, 0.6) is 11.5 Å². The topological polar surface area (TPSA) is 150 Å². The molecular weight excluding hydrogens is 564 g/mol. The van der Waals surface area contributed by atoms with Gasteiger partial charge in [0.2, 0.25) is 10.0 Å². The van der Waals surface area contributed by atoms with Crippen LogP contribution in [0.15, 0.2) is 65.8 Å². The molecule has 3 heterocycles. The van der Waals surface area contributed by atoms with Crippen LogP contribution in [0.4, 0.5) is 5.13 Å². The summed E-state index contributed by atoms with van der Waals surface area (Å²) >= 11 is 1.33. The summed E-state index contributed by atoms with van der Waals surface area (Å²) in [6, 6.07) is 16.8. The van der Waals surface area contributed by atoms with Gasteiger partial charge in [-0.1, -0.05) is 17.4 Å². The Bertz CT molecular complexity index is 1680. The second-order valence-corrected chi connectivity index (χ2v) is 11.9. The van der Waals surface area contributed by atoms with Crippen molar-refractivity contribution in [1.29, 1.82) is 10.5 Å². The number of pyridine rings is 1. The van der Waals surface area contributed by atoms with Gasteiger partial charge in [-0.05, 0) is 35.9 Å². The number of hydrogen-bond acceptors (Lipinski definition) is 10. The minimum Gasteiger partial charge on any atom is -0.486 e. The number of nitriles is 2. The first-order chi connectivity index (χ1) is 19.9. The Morgan fingerprint density at radius 2 is 1.68 bits per heavy atom. The molecule has 2 aromatic heterocycles. The molecule has 0 radical (unpaired) electrons. The fraction of sp³-hybridized carbons (Fsp3) is 0.250. The number of rotatable bonds is 10. The standard InChI is InChI=1S/C28H24N6O5S2/c29-9-2-12-33(13-3-10-30)41(36,37)22-7-5-21(6-8-22)27(35)34(19-20-4-1-11-31-18-20)28-32-23-16-24-25(17-26(23)40-28)39-15-14-38-24/h1,4-8,11,16-18H,2-3,12-15,19H2. The lowest BCUT2D eigenvalue weighted by Crippen LogP contribution is -2.33. The van der Waals surface area contributed by atoms with Gasteiger partial charge in [0.15, 0.2) is 16.6 Å². The molecule has 2 aromatic carbocycles. The molecule has 0 fully saturated rings. The Morgan fingerprint density at radius 3 is 2.32 bits per heavy atom. The summed E-state index contributed by atoms with van der Waals surface area (Å²) in [7, 11) is -3.97. The molecule has 4 aromatic rings. The van der Waals surface area contributed by atoms with Gasteiger partial charge < -0.3 is 9.47 Å². The molecule has 0 saturated heterocycles. The van der Waals surface area contributed by atoms with Crippen LogP contribution >= 0.6 is 11.3 Å². The zero-order valence-corrected chi connectivity index (χ0v) is 23.4. The third-order valence-corrected chi connectivity index (χ3v) is 9.22. The minimum atomic E-state index is -3.97. The van der Waals surface area contributed by atoms with Gasteiger partial charge in [-0.25, -0.2) is 13.4 Å². The van der Waals surface area contributed by atoms with Crippen LogP contribution in [0.1, 0.15) is 28.8 Å². The number of thiazole rings is 1. The zero-order chi connectivity index (χ0) is 28.8. The van der Waals surface area contributed by atoms with E-state index in [1.807, 2.05) is 24.3 Å². The van der Waals surface area contributed by atoms with Crippen molar-refractivity contribution in [2.45, 2.75) is 24.3 Å². The molecule has 0 atom stereocenters. The van der Waals surface area contributed by atoms with Crippen LogP contribution in [-0.2, 0) is 16.6 Å². The summed E-state index contributed by atoms with van der Waals surface area (Å²) in [6.45, 7) is 1.03. The van der Waals surface area contributed by atoms with E-state index in [1.165, 1.54) is 40.5 Å². The molecule has 1 amide bonds. The molecule has 0 unspecified atom stereocenters. The monoisotopic (exact) mass is 588 g/mol. The number of sulfonamides is 1. The van der Waals surface area contributed by atoms with Crippen molar-refractivity contribution in [2.24, 2.45) is 0 Å². The second kappa shape index (κ2) is 12.3. The molecule has 208 valence electrons. The first-order valence-corrected chi connectivity index (χ1v) is 14.9. The second-order valence-electron chi connectivity index (χ2n) is 8.96. The first-order valence-electron chi connectivity index (χ1n) is 12.7. The molecular formula is C28H24N6O5S2. The molecule has 41 heavy (non-hydrogen) atoms. The van der Waals surface area contributed by atoms with Crippen LogP contribution in [0, 0.1) is 22.7 Å². The van der Waals surface area contributed by atoms with Crippen LogP contribution in [0.25, 0.3) is 10.2 Å².